The minimum Gasteiger partial charge on any atom is -0.449 e. The van der Waals surface area contributed by atoms with E-state index in [1.165, 1.54) is 129 Å². The first-order valence-electron chi connectivity index (χ1n) is 31.3. The first-order valence-corrected chi connectivity index (χ1v) is 32.7. The number of carbonyl (C=O) groups excluding carboxylic acids is 6. The van der Waals surface area contributed by atoms with Crippen LogP contribution in [-0.4, -0.2) is 190 Å². The lowest BCUT2D eigenvalue weighted by molar-refractivity contribution is -0.137. The van der Waals surface area contributed by atoms with Crippen molar-refractivity contribution >= 4 is 72.4 Å². The first-order chi connectivity index (χ1) is 42.7. The standard InChI is InChI=1S/C22H24N4O8S.C21H28N4O6.C6H12O.2C5H10.2C2H6O.CH4.2H2S/c1-10-3-5-11(6-4-10)35(30,31)34-8-12-16(23)19(28)15-13(9-33-21(24)29)22(32-2)20-14(25-20)7-26(22)17(15)18(12)27;1-29-21-12(9-31-20(23)28)14-16(25(21)6-13-19(21)24-13)17(26)11(15(22)18(14)27)8-30-7-10-4-2-3-5-10;7-5-6-3-1-2-4-6;2*1-2-4-5-3-1;2*1-3-2;;;/h3-6,13-14,20,25H,7-9,23H2,1-2H3,(H2,24,29);10,12-13,19,24H,2-9,22H2,1H3,(H2,23,28);6-7H,1-5H2;2*1-5H2;2*1-2H3;1H4;2*1H2. The number of ketones is 4. The third kappa shape index (κ3) is 17.5. The lowest BCUT2D eigenvalue weighted by Crippen LogP contribution is -2.55. The van der Waals surface area contributed by atoms with Crippen molar-refractivity contribution in [3.63, 3.8) is 0 Å². The highest BCUT2D eigenvalue weighted by atomic mass is 32.2. The third-order valence-corrected chi connectivity index (χ3v) is 19.9. The molecule has 92 heavy (non-hydrogen) atoms. The number of primary amides is 2. The lowest BCUT2D eigenvalue weighted by atomic mass is 9.82. The Morgan fingerprint density at radius 1 is 0.576 bits per heavy atom. The number of piperazine rings is 2. The largest absolute Gasteiger partial charge is 0.449 e. The van der Waals surface area contributed by atoms with E-state index in [0.717, 1.165) is 18.4 Å². The molecule has 0 spiro atoms. The number of fused-ring (bicyclic) bond motifs is 8. The first kappa shape index (κ1) is 79.3. The van der Waals surface area contributed by atoms with Crippen LogP contribution in [0.1, 0.15) is 129 Å². The zero-order chi connectivity index (χ0) is 64.8. The number of aryl methyl sites for hydroxylation is 1. The van der Waals surface area contributed by atoms with Gasteiger partial charge in [0.1, 0.15) is 13.2 Å². The third-order valence-electron chi connectivity index (χ3n) is 18.6. The highest BCUT2D eigenvalue weighted by Gasteiger charge is 2.74. The van der Waals surface area contributed by atoms with Gasteiger partial charge in [0.2, 0.25) is 23.1 Å². The molecule has 6 aliphatic carbocycles. The molecular formula is C64H104N8O17S3. The second kappa shape index (κ2) is 36.1. The van der Waals surface area contributed by atoms with Gasteiger partial charge in [-0.3, -0.25) is 23.4 Å². The molecular weight excluding hydrogens is 1250 g/mol. The van der Waals surface area contributed by atoms with E-state index in [-0.39, 0.29) is 128 Å². The SMILES string of the molecule is C.C1CCCC1.C1CCCC1.COC.COC.COC12C(COC(N)=O)C3=C(C(=O)C(COCC4CCCC4)=C(N)C3=O)N1CC1NC12.COC12C(COC(N)=O)C3=C(C(=O)C(COS(=O)(=O)c4ccc(C)cc4)=C(N)C3=O)N1CC1NC12.OCC1CCCC1.S.S. The van der Waals surface area contributed by atoms with E-state index in [4.69, 9.17) is 55.9 Å². The number of aliphatic hydroxyl groups excluding tert-OH is 1. The second-order valence-corrected chi connectivity index (χ2v) is 26.1. The molecule has 8 atom stereocenters. The summed E-state index contributed by atoms with van der Waals surface area (Å²) in [6.45, 7) is 2.46. The van der Waals surface area contributed by atoms with E-state index in [9.17, 15) is 37.2 Å². The normalized spacial score (nSPS) is 27.5. The van der Waals surface area contributed by atoms with E-state index in [1.807, 2.05) is 11.8 Å². The smallest absolute Gasteiger partial charge is 0.404 e. The molecule has 0 aromatic heterocycles. The number of amides is 2. The van der Waals surface area contributed by atoms with E-state index in [2.05, 4.69) is 20.1 Å². The molecule has 13 rings (SSSR count). The van der Waals surface area contributed by atoms with E-state index >= 15 is 0 Å². The molecule has 4 saturated heterocycles. The number of hydrogen-bond donors (Lipinski definition) is 7. The monoisotopic (exact) mass is 1350 g/mol. The van der Waals surface area contributed by atoms with Gasteiger partial charge in [-0.1, -0.05) is 115 Å². The molecule has 1 aromatic carbocycles. The Morgan fingerprint density at radius 3 is 1.27 bits per heavy atom. The quantitative estimate of drug-likeness (QED) is 0.0687. The summed E-state index contributed by atoms with van der Waals surface area (Å²) in [6, 6.07) is 5.82. The Hall–Kier alpha value is -5.11. The van der Waals surface area contributed by atoms with Crippen molar-refractivity contribution < 1.29 is 79.6 Å². The molecule has 12 aliphatic rings. The van der Waals surface area contributed by atoms with Crippen molar-refractivity contribution in [2.24, 2.45) is 46.6 Å². The zero-order valence-corrected chi connectivity index (χ0v) is 56.7. The van der Waals surface area contributed by atoms with Crippen LogP contribution in [0.5, 0.6) is 0 Å². The number of ether oxygens (including phenoxy) is 7. The summed E-state index contributed by atoms with van der Waals surface area (Å²) in [5.74, 6) is -2.44. The molecule has 0 radical (unpaired) electrons. The number of carbonyl (C=O) groups is 6. The highest BCUT2D eigenvalue weighted by molar-refractivity contribution is 7.86. The van der Waals surface area contributed by atoms with Gasteiger partial charge in [0, 0.05) is 92.2 Å². The van der Waals surface area contributed by atoms with Gasteiger partial charge in [0.15, 0.2) is 11.4 Å². The lowest BCUT2D eigenvalue weighted by Gasteiger charge is -2.39. The fourth-order valence-electron chi connectivity index (χ4n) is 14.1. The van der Waals surface area contributed by atoms with Crippen LogP contribution >= 0.6 is 27.0 Å². The van der Waals surface area contributed by atoms with E-state index in [1.54, 1.807) is 45.5 Å². The predicted octanol–water partition coefficient (Wildman–Crippen LogP) is 5.04. The predicted molar refractivity (Wildman–Crippen MR) is 355 cm³/mol. The van der Waals surface area contributed by atoms with Gasteiger partial charge in [-0.2, -0.15) is 35.4 Å². The second-order valence-electron chi connectivity index (χ2n) is 24.5. The highest BCUT2D eigenvalue weighted by Crippen LogP contribution is 2.57. The molecule has 2 amide bonds. The summed E-state index contributed by atoms with van der Waals surface area (Å²) < 4.78 is 66.6. The average molecular weight is 1350 g/mol. The maximum Gasteiger partial charge on any atom is 0.404 e. The van der Waals surface area contributed by atoms with Crippen molar-refractivity contribution in [1.82, 2.24) is 20.4 Å². The maximum absolute atomic E-state index is 13.6. The van der Waals surface area contributed by atoms with Gasteiger partial charge in [-0.25, -0.2) is 9.59 Å². The van der Waals surface area contributed by atoms with Crippen molar-refractivity contribution in [3.8, 4) is 0 Å². The van der Waals surface area contributed by atoms with Gasteiger partial charge in [0.05, 0.1) is 76.0 Å². The Morgan fingerprint density at radius 2 is 0.935 bits per heavy atom. The van der Waals surface area contributed by atoms with Crippen LogP contribution < -0.4 is 33.6 Å². The summed E-state index contributed by atoms with van der Waals surface area (Å²) in [4.78, 5) is 79.9. The molecule has 4 saturated carbocycles. The van der Waals surface area contributed by atoms with Crippen LogP contribution in [0.3, 0.4) is 0 Å². The average Bonchev–Trinajstić information content (AvgIpc) is 1.51. The minimum absolute atomic E-state index is 0. The number of nitrogens with one attached hydrogen (secondary N) is 2. The van der Waals surface area contributed by atoms with Gasteiger partial charge >= 0.3 is 12.2 Å². The van der Waals surface area contributed by atoms with Gasteiger partial charge in [-0.05, 0) is 56.6 Å². The molecule has 8 unspecified atom stereocenters. The number of nitrogens with two attached hydrogens (primary N) is 4. The van der Waals surface area contributed by atoms with Crippen LogP contribution in [0.15, 0.2) is 74.2 Å². The number of aliphatic hydroxyl groups is 1. The maximum atomic E-state index is 13.6. The molecule has 11 N–H and O–H groups in total. The molecule has 28 heteroatoms. The molecule has 6 aliphatic heterocycles. The number of methoxy groups -OCH3 is 4. The topological polar surface area (TPSA) is 385 Å². The van der Waals surface area contributed by atoms with Crippen LogP contribution in [0.2, 0.25) is 0 Å². The fourth-order valence-corrected chi connectivity index (χ4v) is 15.0. The Bertz CT molecular complexity index is 2920. The molecule has 25 nitrogen and oxygen atoms in total. The Labute approximate surface area is 557 Å². The molecule has 8 fully saturated rings. The number of Topliss-reactive ketones (excluding diaryl/α,β-unsaturated/α-hetero) is 4. The van der Waals surface area contributed by atoms with Crippen molar-refractivity contribution in [2.75, 3.05) is 95.4 Å². The molecule has 6 heterocycles. The fraction of sp³-hybridized carbons (Fsp3) is 0.688. The molecule has 0 bridgehead atoms. The van der Waals surface area contributed by atoms with Crippen molar-refractivity contribution in [1.29, 1.82) is 0 Å². The Kier molecular flexibility index (Phi) is 31.2. The molecule has 1 aromatic rings. The zero-order valence-electron chi connectivity index (χ0n) is 53.9. The van der Waals surface area contributed by atoms with Crippen LogP contribution in [-0.2, 0) is 66.6 Å². The van der Waals surface area contributed by atoms with Gasteiger partial charge < -0.3 is 81.6 Å². The summed E-state index contributed by atoms with van der Waals surface area (Å²) in [6.07, 6.45) is 22.9. The van der Waals surface area contributed by atoms with Crippen molar-refractivity contribution in [3.05, 3.63) is 74.9 Å². The van der Waals surface area contributed by atoms with Gasteiger partial charge in [0.25, 0.3) is 10.1 Å². The van der Waals surface area contributed by atoms with Crippen LogP contribution in [0, 0.1) is 30.6 Å². The van der Waals surface area contributed by atoms with E-state index < -0.39 is 75.2 Å². The van der Waals surface area contributed by atoms with Crippen LogP contribution in [0.25, 0.3) is 0 Å². The number of hydrogen-bond acceptors (Lipinski definition) is 23. The number of benzene rings is 1. The summed E-state index contributed by atoms with van der Waals surface area (Å²) in [5.41, 5.74) is 21.2. The van der Waals surface area contributed by atoms with Gasteiger partial charge in [-0.15, -0.1) is 0 Å². The number of rotatable bonds is 15. The molecule has 520 valence electrons. The number of nitrogens with zero attached hydrogens (tertiary/aromatic N) is 2. The summed E-state index contributed by atoms with van der Waals surface area (Å²) in [5, 5.41) is 15.1. The summed E-state index contributed by atoms with van der Waals surface area (Å²) in [7, 11) is 5.25. The number of allylic oxidation sites excluding steroid dienone is 4. The Balaban J connectivity index is 0.000000285. The van der Waals surface area contributed by atoms with E-state index in [0.29, 0.717) is 38.1 Å². The minimum atomic E-state index is -4.22. The summed E-state index contributed by atoms with van der Waals surface area (Å²) >= 11 is 0. The van der Waals surface area contributed by atoms with Crippen LogP contribution in [0.4, 0.5) is 9.59 Å². The van der Waals surface area contributed by atoms with Crippen molar-refractivity contribution in [2.45, 2.75) is 170 Å².